The molecule has 0 bridgehead atoms. The Hall–Kier alpha value is -2.04. The average Bonchev–Trinajstić information content (AvgIpc) is 3.31. The highest BCUT2D eigenvalue weighted by molar-refractivity contribution is 5.75. The second-order valence-electron chi connectivity index (χ2n) is 11.5. The summed E-state index contributed by atoms with van der Waals surface area (Å²) in [5.74, 6) is -2.04. The van der Waals surface area contributed by atoms with Crippen LogP contribution < -0.4 is 4.74 Å². The fourth-order valence-corrected chi connectivity index (χ4v) is 6.33. The molecule has 5 rings (SSSR count). The van der Waals surface area contributed by atoms with Gasteiger partial charge in [0.2, 0.25) is 0 Å². The van der Waals surface area contributed by atoms with Crippen molar-refractivity contribution in [3.63, 3.8) is 0 Å². The fourth-order valence-electron chi connectivity index (χ4n) is 6.33. The highest BCUT2D eigenvalue weighted by atomic mass is 19.1. The number of benzene rings is 1. The van der Waals surface area contributed by atoms with Gasteiger partial charge in [0, 0.05) is 32.5 Å². The van der Waals surface area contributed by atoms with Crippen molar-refractivity contribution in [2.24, 2.45) is 11.8 Å². The van der Waals surface area contributed by atoms with E-state index in [9.17, 15) is 14.3 Å². The van der Waals surface area contributed by atoms with Crippen molar-refractivity contribution in [3.8, 4) is 5.75 Å². The summed E-state index contributed by atoms with van der Waals surface area (Å²) in [6.07, 6.45) is 8.55. The first-order chi connectivity index (χ1) is 19.4. The number of hydrogen-bond donors (Lipinski definition) is 1. The summed E-state index contributed by atoms with van der Waals surface area (Å²) in [7, 11) is 0. The zero-order valence-corrected chi connectivity index (χ0v) is 23.3. The molecule has 0 spiro atoms. The number of carboxylic acid groups (broad SMARTS) is 1. The number of hydrogen-bond acceptors (Lipinski definition) is 7. The van der Waals surface area contributed by atoms with E-state index in [-0.39, 0.29) is 24.4 Å². The molecular formula is C31H43FO8. The Kier molecular flexibility index (Phi) is 10.1. The lowest BCUT2D eigenvalue weighted by Gasteiger charge is -2.33. The largest absolute Gasteiger partial charge is 0.491 e. The van der Waals surface area contributed by atoms with Crippen molar-refractivity contribution in [2.75, 3.05) is 19.8 Å². The predicted molar refractivity (Wildman–Crippen MR) is 144 cm³/mol. The molecule has 1 aliphatic carbocycles. The lowest BCUT2D eigenvalue weighted by atomic mass is 9.85. The number of carbonyl (C=O) groups is 1. The minimum atomic E-state index is -1.81. The second kappa shape index (κ2) is 13.7. The zero-order chi connectivity index (χ0) is 28.0. The number of halogens is 1. The van der Waals surface area contributed by atoms with Gasteiger partial charge < -0.3 is 33.5 Å². The molecule has 4 fully saturated rings. The molecule has 4 aliphatic rings. The van der Waals surface area contributed by atoms with Gasteiger partial charge in [0.1, 0.15) is 0 Å². The molecule has 1 N–H and O–H groups in total. The van der Waals surface area contributed by atoms with Gasteiger partial charge in [0.15, 0.2) is 24.1 Å². The molecule has 1 saturated carbocycles. The minimum absolute atomic E-state index is 0.0249. The standard InChI is InChI=1S/C31H43FO8/c1-21-13-14-22(8-4-5-17-35-25-10-3-2-9-24(25)32)23(21)20-27-26(38-27)15-16-31(30(33)34,39-28-11-6-18-36-28)40-29-12-7-19-37-29/h2-3,9-10,22-23,26-29H,1,4-8,11-20H2,(H,33,34)/t22-,23-,26?,27+,28?,29?,31?/m0/s1. The van der Waals surface area contributed by atoms with Crippen LogP contribution in [0, 0.1) is 17.7 Å². The monoisotopic (exact) mass is 562 g/mol. The van der Waals surface area contributed by atoms with Crippen LogP contribution in [0.1, 0.15) is 77.0 Å². The van der Waals surface area contributed by atoms with Crippen LogP contribution in [0.25, 0.3) is 0 Å². The third-order valence-corrected chi connectivity index (χ3v) is 8.67. The number of ether oxygens (including phenoxy) is 6. The molecule has 3 unspecified atom stereocenters. The highest BCUT2D eigenvalue weighted by Crippen LogP contribution is 2.46. The molecule has 3 aliphatic heterocycles. The summed E-state index contributed by atoms with van der Waals surface area (Å²) in [6, 6.07) is 6.50. The normalized spacial score (nSPS) is 31.4. The maximum absolute atomic E-state index is 13.7. The number of unbranched alkanes of at least 4 members (excludes halogenated alkanes) is 1. The molecule has 0 radical (unpaired) electrons. The van der Waals surface area contributed by atoms with E-state index in [4.69, 9.17) is 28.4 Å². The van der Waals surface area contributed by atoms with E-state index in [2.05, 4.69) is 6.58 Å². The first-order valence-electron chi connectivity index (χ1n) is 15.0. The molecule has 6 atom stereocenters. The van der Waals surface area contributed by atoms with E-state index in [0.29, 0.717) is 56.7 Å². The molecule has 8 nitrogen and oxygen atoms in total. The van der Waals surface area contributed by atoms with Crippen LogP contribution in [-0.4, -0.2) is 61.5 Å². The third kappa shape index (κ3) is 7.62. The second-order valence-corrected chi connectivity index (χ2v) is 11.5. The first-order valence-corrected chi connectivity index (χ1v) is 15.0. The Labute approximate surface area is 236 Å². The molecule has 40 heavy (non-hydrogen) atoms. The third-order valence-electron chi connectivity index (χ3n) is 8.67. The summed E-state index contributed by atoms with van der Waals surface area (Å²) in [5, 5.41) is 10.2. The highest BCUT2D eigenvalue weighted by Gasteiger charge is 2.50. The molecule has 9 heteroatoms. The maximum Gasteiger partial charge on any atom is 0.364 e. The van der Waals surface area contributed by atoms with Crippen LogP contribution in [0.3, 0.4) is 0 Å². The van der Waals surface area contributed by atoms with Crippen LogP contribution >= 0.6 is 0 Å². The smallest absolute Gasteiger partial charge is 0.364 e. The molecule has 1 aromatic rings. The van der Waals surface area contributed by atoms with Crippen LogP contribution in [0.15, 0.2) is 36.4 Å². The van der Waals surface area contributed by atoms with Gasteiger partial charge in [-0.1, -0.05) is 24.3 Å². The fraction of sp³-hybridized carbons (Fsp3) is 0.710. The first kappa shape index (κ1) is 29.5. The van der Waals surface area contributed by atoms with Gasteiger partial charge in [-0.3, -0.25) is 0 Å². The summed E-state index contributed by atoms with van der Waals surface area (Å²) in [4.78, 5) is 12.5. The molecule has 0 amide bonds. The maximum atomic E-state index is 13.7. The van der Waals surface area contributed by atoms with Crippen molar-refractivity contribution >= 4 is 5.97 Å². The Balaban J connectivity index is 1.08. The van der Waals surface area contributed by atoms with Gasteiger partial charge in [0.25, 0.3) is 5.79 Å². The van der Waals surface area contributed by atoms with Crippen molar-refractivity contribution in [1.29, 1.82) is 0 Å². The number of rotatable bonds is 16. The molecule has 3 saturated heterocycles. The van der Waals surface area contributed by atoms with Gasteiger partial charge in [-0.15, -0.1) is 0 Å². The van der Waals surface area contributed by atoms with Gasteiger partial charge in [0.05, 0.1) is 18.8 Å². The summed E-state index contributed by atoms with van der Waals surface area (Å²) >= 11 is 0. The number of carboxylic acids is 1. The summed E-state index contributed by atoms with van der Waals surface area (Å²) < 4.78 is 48.5. The Morgan fingerprint density at radius 2 is 1.75 bits per heavy atom. The molecule has 222 valence electrons. The minimum Gasteiger partial charge on any atom is -0.491 e. The van der Waals surface area contributed by atoms with Crippen molar-refractivity contribution in [2.45, 2.75) is 108 Å². The lowest BCUT2D eigenvalue weighted by molar-refractivity contribution is -0.333. The topological polar surface area (TPSA) is 96.0 Å². The Morgan fingerprint density at radius 3 is 2.40 bits per heavy atom. The molecule has 3 heterocycles. The quantitative estimate of drug-likeness (QED) is 0.114. The molecule has 0 aromatic heterocycles. The Morgan fingerprint density at radius 1 is 1.02 bits per heavy atom. The van der Waals surface area contributed by atoms with Crippen LogP contribution in [-0.2, 0) is 28.5 Å². The van der Waals surface area contributed by atoms with E-state index >= 15 is 0 Å². The number of para-hydroxylation sites is 1. The summed E-state index contributed by atoms with van der Waals surface area (Å²) in [6.45, 7) is 5.95. The van der Waals surface area contributed by atoms with Crippen molar-refractivity contribution < 1.29 is 42.7 Å². The van der Waals surface area contributed by atoms with Gasteiger partial charge in [-0.25, -0.2) is 9.18 Å². The van der Waals surface area contributed by atoms with Crippen LogP contribution in [0.5, 0.6) is 5.75 Å². The van der Waals surface area contributed by atoms with E-state index in [1.165, 1.54) is 11.6 Å². The van der Waals surface area contributed by atoms with E-state index < -0.39 is 24.3 Å². The van der Waals surface area contributed by atoms with E-state index in [1.54, 1.807) is 18.2 Å². The van der Waals surface area contributed by atoms with Gasteiger partial charge in [-0.05, 0) is 81.8 Å². The number of epoxide rings is 1. The predicted octanol–water partition coefficient (Wildman–Crippen LogP) is 5.98. The molecule has 1 aromatic carbocycles. The van der Waals surface area contributed by atoms with E-state index in [0.717, 1.165) is 51.4 Å². The Bertz CT molecular complexity index is 971. The number of allylic oxidation sites excluding steroid dienone is 1. The average molecular weight is 563 g/mol. The van der Waals surface area contributed by atoms with Crippen LogP contribution in [0.2, 0.25) is 0 Å². The van der Waals surface area contributed by atoms with Crippen molar-refractivity contribution in [3.05, 3.63) is 42.2 Å². The zero-order valence-electron chi connectivity index (χ0n) is 23.3. The van der Waals surface area contributed by atoms with Gasteiger partial charge in [-0.2, -0.15) is 0 Å². The van der Waals surface area contributed by atoms with E-state index in [1.807, 2.05) is 0 Å². The molecular weight excluding hydrogens is 519 g/mol. The summed E-state index contributed by atoms with van der Waals surface area (Å²) in [5.41, 5.74) is 1.28. The lowest BCUT2D eigenvalue weighted by Crippen LogP contribution is -2.49. The van der Waals surface area contributed by atoms with Gasteiger partial charge >= 0.3 is 5.97 Å². The number of aliphatic carboxylic acids is 1. The van der Waals surface area contributed by atoms with Crippen LogP contribution in [0.4, 0.5) is 4.39 Å². The SMILES string of the molecule is C=C1CC[C@H](CCCCOc2ccccc2F)[C@H]1C[C@H]1OC1CCC(OC1CCCO1)(OC1CCCO1)C(=O)O. The van der Waals surface area contributed by atoms with Crippen molar-refractivity contribution in [1.82, 2.24) is 0 Å².